The quantitative estimate of drug-likeness (QED) is 0.112. The van der Waals surface area contributed by atoms with E-state index in [1.54, 1.807) is 6.20 Å². The molecule has 4 aromatic carbocycles. The Kier molecular flexibility index (Phi) is 11.5. The molecule has 2 nitrogen and oxygen atoms in total. The van der Waals surface area contributed by atoms with Crippen LogP contribution in [0.4, 0.5) is 0 Å². The summed E-state index contributed by atoms with van der Waals surface area (Å²) < 4.78 is 34.9. The van der Waals surface area contributed by atoms with E-state index in [4.69, 9.17) is 5.48 Å². The molecule has 7 rings (SSSR count). The fraction of sp³-hybridized carbons (Fsp3) is 0.292. The molecule has 52 heavy (non-hydrogen) atoms. The van der Waals surface area contributed by atoms with Crippen LogP contribution >= 0.6 is 0 Å². The van der Waals surface area contributed by atoms with Crippen LogP contribution in [0.1, 0.15) is 63.1 Å². The number of aromatic nitrogens is 2. The molecule has 0 N–H and O–H groups in total. The molecule has 1 radical (unpaired) electrons. The van der Waals surface area contributed by atoms with Crippen LogP contribution in [0, 0.1) is 23.5 Å². The van der Waals surface area contributed by atoms with Crippen LogP contribution in [0.3, 0.4) is 0 Å². The van der Waals surface area contributed by atoms with Crippen molar-refractivity contribution >= 4 is 13.3 Å². The second-order valence-electron chi connectivity index (χ2n) is 15.5. The van der Waals surface area contributed by atoms with Crippen LogP contribution in [0.15, 0.2) is 128 Å². The van der Waals surface area contributed by atoms with Gasteiger partial charge in [0.15, 0.2) is 0 Å². The van der Waals surface area contributed by atoms with Gasteiger partial charge in [0.05, 0.1) is 8.07 Å². The normalized spacial score (nSPS) is 14.9. The van der Waals surface area contributed by atoms with Crippen molar-refractivity contribution in [1.29, 1.82) is 0 Å². The zero-order valence-corrected chi connectivity index (χ0v) is 34.7. The first-order valence-electron chi connectivity index (χ1n) is 20.2. The van der Waals surface area contributed by atoms with Crippen LogP contribution in [0.5, 0.6) is 0 Å². The van der Waals surface area contributed by atoms with Crippen molar-refractivity contribution in [2.24, 2.45) is 11.3 Å². The maximum atomic E-state index is 8.75. The van der Waals surface area contributed by atoms with E-state index < -0.39 is 26.2 Å². The van der Waals surface area contributed by atoms with Crippen molar-refractivity contribution in [1.82, 2.24) is 9.97 Å². The molecule has 0 atom stereocenters. The Morgan fingerprint density at radius 3 is 1.98 bits per heavy atom. The molecule has 0 spiro atoms. The number of pyridine rings is 2. The SMILES string of the molecule is [2H]C([2H])(c1cc(-c2[c-]cccc2)ncc1[Si](C)(C)C)C(C)(C)C.[2H]C([2H])(c1ccnc(-c2[c-]ccc(-c3ccc(-c4ccccc4)cc3)c2)c1)C1CCCC1.[Ir]. The Balaban J connectivity index is 0.000000223. The maximum Gasteiger partial charge on any atom is 0.0798 e. The van der Waals surface area contributed by atoms with E-state index in [2.05, 4.69) is 102 Å². The molecule has 6 aromatic rings. The first-order valence-corrected chi connectivity index (χ1v) is 21.7. The predicted molar refractivity (Wildman–Crippen MR) is 220 cm³/mol. The van der Waals surface area contributed by atoms with Gasteiger partial charge in [0, 0.05) is 38.0 Å². The topological polar surface area (TPSA) is 25.8 Å². The van der Waals surface area contributed by atoms with Gasteiger partial charge < -0.3 is 9.97 Å². The molecule has 1 saturated carbocycles. The number of rotatable bonds is 8. The average Bonchev–Trinajstić information content (AvgIpc) is 3.75. The third-order valence-electron chi connectivity index (χ3n) is 9.10. The van der Waals surface area contributed by atoms with Gasteiger partial charge in [-0.05, 0) is 63.4 Å². The summed E-state index contributed by atoms with van der Waals surface area (Å²) in [5.74, 6) is 0.0937. The number of nitrogens with zero attached hydrogens (tertiary/aromatic N) is 2. The monoisotopic (exact) mass is 881 g/mol. The van der Waals surface area contributed by atoms with Gasteiger partial charge in [0.2, 0.25) is 0 Å². The molecule has 0 amide bonds. The van der Waals surface area contributed by atoms with E-state index in [-0.39, 0.29) is 26.0 Å². The van der Waals surface area contributed by atoms with Gasteiger partial charge in [-0.3, -0.25) is 0 Å². The largest absolute Gasteiger partial charge is 0.305 e. The standard InChI is InChI=1S/C29H26N.C19H26NSi.Ir/c1-2-9-24(10-3-1)25-13-15-26(16-14-25)27-11-6-12-28(21-27)29-20-23(17-18-30-29)19-22-7-4-5-8-22;1-19(2,3)13-16-12-17(15-10-8-7-9-11-15)20-14-18(16)21(4,5)6;/h1-3,6,9-11,13-18,20-22H,4-5,7-8,19H2;7-10,12,14H,13H2,1-6H3;/q2*-1;/i19D2;13D2;. The first-order chi connectivity index (χ1) is 26.1. The molecule has 4 heteroatoms. The van der Waals surface area contributed by atoms with Crippen LogP contribution in [0.2, 0.25) is 19.6 Å². The van der Waals surface area contributed by atoms with E-state index >= 15 is 0 Å². The fourth-order valence-electron chi connectivity index (χ4n) is 6.51. The Labute approximate surface area is 333 Å². The molecule has 2 aromatic heterocycles. The maximum absolute atomic E-state index is 8.75. The minimum Gasteiger partial charge on any atom is -0.305 e. The molecule has 0 aliphatic heterocycles. The Hall–Kier alpha value is -3.95. The van der Waals surface area contributed by atoms with E-state index in [1.807, 2.05) is 81.6 Å². The summed E-state index contributed by atoms with van der Waals surface area (Å²) in [5, 5.41) is 1.09. The van der Waals surface area contributed by atoms with Crippen molar-refractivity contribution in [3.63, 3.8) is 0 Å². The van der Waals surface area contributed by atoms with Crippen molar-refractivity contribution in [3.8, 4) is 44.8 Å². The van der Waals surface area contributed by atoms with Crippen LogP contribution in [-0.4, -0.2) is 18.0 Å². The minimum absolute atomic E-state index is 0. The van der Waals surface area contributed by atoms with Crippen LogP contribution in [-0.2, 0) is 32.9 Å². The Morgan fingerprint density at radius 2 is 1.33 bits per heavy atom. The summed E-state index contributed by atoms with van der Waals surface area (Å²) in [6.45, 7) is 12.6. The second-order valence-corrected chi connectivity index (χ2v) is 20.5. The fourth-order valence-corrected chi connectivity index (χ4v) is 7.91. The molecular formula is C48H52IrN2Si-2. The molecule has 1 fully saturated rings. The Bertz CT molecular complexity index is 2190. The molecule has 0 bridgehead atoms. The van der Waals surface area contributed by atoms with Crippen molar-refractivity contribution < 1.29 is 25.6 Å². The third-order valence-corrected chi connectivity index (χ3v) is 11.1. The first kappa shape index (κ1) is 33.9. The zero-order chi connectivity index (χ0) is 39.4. The third kappa shape index (κ3) is 10.8. The van der Waals surface area contributed by atoms with Gasteiger partial charge in [0.1, 0.15) is 0 Å². The summed E-state index contributed by atoms with van der Waals surface area (Å²) in [6, 6.07) is 44.9. The molecule has 1 aliphatic carbocycles. The molecular weight excluding hydrogens is 825 g/mol. The number of hydrogen-bond donors (Lipinski definition) is 0. The van der Waals surface area contributed by atoms with E-state index in [0.29, 0.717) is 0 Å². The van der Waals surface area contributed by atoms with Gasteiger partial charge in [-0.15, -0.1) is 71.3 Å². The van der Waals surface area contributed by atoms with E-state index in [9.17, 15) is 0 Å². The molecule has 0 unspecified atom stereocenters. The summed E-state index contributed by atoms with van der Waals surface area (Å²) in [4.78, 5) is 9.15. The van der Waals surface area contributed by atoms with Gasteiger partial charge in [-0.2, -0.15) is 0 Å². The van der Waals surface area contributed by atoms with Crippen molar-refractivity contribution in [2.75, 3.05) is 0 Å². The Morgan fingerprint density at radius 1 is 0.692 bits per heavy atom. The zero-order valence-electron chi connectivity index (χ0n) is 35.3. The predicted octanol–water partition coefficient (Wildman–Crippen LogP) is 12.3. The summed E-state index contributed by atoms with van der Waals surface area (Å²) >= 11 is 0. The van der Waals surface area contributed by atoms with E-state index in [1.165, 1.54) is 11.1 Å². The summed E-state index contributed by atoms with van der Waals surface area (Å²) in [5.41, 5.74) is 9.01. The van der Waals surface area contributed by atoms with Gasteiger partial charge >= 0.3 is 0 Å². The second kappa shape index (κ2) is 17.7. The average molecular weight is 881 g/mol. The minimum atomic E-state index is -1.70. The molecule has 269 valence electrons. The van der Waals surface area contributed by atoms with Crippen molar-refractivity contribution in [3.05, 3.63) is 151 Å². The summed E-state index contributed by atoms with van der Waals surface area (Å²) in [7, 11) is -1.70. The van der Waals surface area contributed by atoms with E-state index in [0.717, 1.165) is 75.6 Å². The number of benzene rings is 4. The van der Waals surface area contributed by atoms with Gasteiger partial charge in [0.25, 0.3) is 0 Å². The van der Waals surface area contributed by atoms with Crippen molar-refractivity contribution in [2.45, 2.75) is 78.8 Å². The molecule has 0 saturated heterocycles. The molecule has 2 heterocycles. The summed E-state index contributed by atoms with van der Waals surface area (Å²) in [6.07, 6.45) is 5.06. The van der Waals surface area contributed by atoms with Gasteiger partial charge in [-0.1, -0.05) is 144 Å². The molecule has 1 aliphatic rings. The van der Waals surface area contributed by atoms with Crippen LogP contribution in [0.25, 0.3) is 44.8 Å². The van der Waals surface area contributed by atoms with Gasteiger partial charge in [-0.25, -0.2) is 0 Å². The number of hydrogen-bond acceptors (Lipinski definition) is 2. The van der Waals surface area contributed by atoms with Crippen LogP contribution < -0.4 is 5.19 Å². The smallest absolute Gasteiger partial charge is 0.0798 e.